The average Bonchev–Trinajstić information content (AvgIpc) is 3.14. The molecule has 0 spiro atoms. The molecule has 0 radical (unpaired) electrons. The van der Waals surface area contributed by atoms with Gasteiger partial charge >= 0.3 is 0 Å². The number of likely N-dealkylation sites (tertiary alicyclic amines) is 1. The molecule has 2 aromatic rings. The number of amides is 1. The number of carbonyl (C=O) groups is 1. The van der Waals surface area contributed by atoms with Crippen LogP contribution in [-0.2, 0) is 11.2 Å². The molecule has 1 amide bonds. The third kappa shape index (κ3) is 3.70. The van der Waals surface area contributed by atoms with Crippen LogP contribution in [0, 0.1) is 13.8 Å². The first-order valence-electron chi connectivity index (χ1n) is 7.98. The Labute approximate surface area is 135 Å². The van der Waals surface area contributed by atoms with Gasteiger partial charge in [-0.1, -0.05) is 0 Å². The van der Waals surface area contributed by atoms with Crippen molar-refractivity contribution in [1.29, 1.82) is 0 Å². The highest BCUT2D eigenvalue weighted by atomic mass is 16.5. The Morgan fingerprint density at radius 1 is 1.39 bits per heavy atom. The van der Waals surface area contributed by atoms with Crippen molar-refractivity contribution in [3.63, 3.8) is 0 Å². The van der Waals surface area contributed by atoms with Crippen molar-refractivity contribution in [2.24, 2.45) is 0 Å². The maximum atomic E-state index is 12.4. The third-order valence-corrected chi connectivity index (χ3v) is 4.32. The highest BCUT2D eigenvalue weighted by Crippen LogP contribution is 2.19. The van der Waals surface area contributed by atoms with E-state index in [-0.39, 0.29) is 12.0 Å². The molecule has 0 bridgehead atoms. The number of ether oxygens (including phenoxy) is 1. The number of hydrogen-bond acceptors (Lipinski definition) is 4. The molecule has 23 heavy (non-hydrogen) atoms. The molecule has 0 aliphatic carbocycles. The second kappa shape index (κ2) is 6.81. The molecule has 1 N–H and O–H groups in total. The lowest BCUT2D eigenvalue weighted by molar-refractivity contribution is -0.130. The summed E-state index contributed by atoms with van der Waals surface area (Å²) in [5.41, 5.74) is 3.19. The van der Waals surface area contributed by atoms with Crippen molar-refractivity contribution in [1.82, 2.24) is 20.1 Å². The van der Waals surface area contributed by atoms with Crippen molar-refractivity contribution in [2.75, 3.05) is 13.1 Å². The highest BCUT2D eigenvalue weighted by molar-refractivity contribution is 5.76. The molecular weight excluding hydrogens is 292 g/mol. The fraction of sp³-hybridized carbons (Fsp3) is 0.471. The van der Waals surface area contributed by atoms with Crippen molar-refractivity contribution in [3.8, 4) is 5.75 Å². The topological polar surface area (TPSA) is 71.1 Å². The van der Waals surface area contributed by atoms with E-state index in [1.165, 1.54) is 0 Å². The van der Waals surface area contributed by atoms with Gasteiger partial charge in [-0.2, -0.15) is 5.10 Å². The quantitative estimate of drug-likeness (QED) is 0.916. The van der Waals surface area contributed by atoms with E-state index >= 15 is 0 Å². The summed E-state index contributed by atoms with van der Waals surface area (Å²) in [5, 5.41) is 7.14. The second-order valence-corrected chi connectivity index (χ2v) is 5.96. The molecule has 1 aliphatic heterocycles. The molecule has 1 saturated heterocycles. The van der Waals surface area contributed by atoms with Crippen molar-refractivity contribution >= 4 is 5.91 Å². The molecule has 0 saturated carbocycles. The SMILES string of the molecule is Cc1n[nH]c(C)c1CCC(=O)N1CC[C@H](Oc2ccncc2)C1. The van der Waals surface area contributed by atoms with E-state index in [9.17, 15) is 4.79 Å². The summed E-state index contributed by atoms with van der Waals surface area (Å²) in [7, 11) is 0. The predicted octanol–water partition coefficient (Wildman–Crippen LogP) is 2.03. The van der Waals surface area contributed by atoms with E-state index < -0.39 is 0 Å². The molecule has 0 unspecified atom stereocenters. The molecule has 6 nitrogen and oxygen atoms in total. The number of hydrogen-bond donors (Lipinski definition) is 1. The number of aromatic nitrogens is 3. The molecule has 1 fully saturated rings. The fourth-order valence-electron chi connectivity index (χ4n) is 2.99. The summed E-state index contributed by atoms with van der Waals surface area (Å²) in [4.78, 5) is 18.3. The van der Waals surface area contributed by atoms with E-state index in [2.05, 4.69) is 15.2 Å². The molecule has 2 aromatic heterocycles. The first-order valence-corrected chi connectivity index (χ1v) is 7.98. The summed E-state index contributed by atoms with van der Waals surface area (Å²) in [6, 6.07) is 3.68. The van der Waals surface area contributed by atoms with E-state index in [1.807, 2.05) is 30.9 Å². The zero-order valence-corrected chi connectivity index (χ0v) is 13.6. The van der Waals surface area contributed by atoms with Gasteiger partial charge in [-0.05, 0) is 38.0 Å². The Morgan fingerprint density at radius 3 is 2.87 bits per heavy atom. The zero-order chi connectivity index (χ0) is 16.2. The number of nitrogens with one attached hydrogen (secondary N) is 1. The lowest BCUT2D eigenvalue weighted by Crippen LogP contribution is -2.31. The standard InChI is InChI=1S/C17H22N4O2/c1-12-16(13(2)20-19-12)3-4-17(22)21-10-7-15(11-21)23-14-5-8-18-9-6-14/h5-6,8-9,15H,3-4,7,10-11H2,1-2H3,(H,19,20)/t15-/m0/s1. The summed E-state index contributed by atoms with van der Waals surface area (Å²) in [6.45, 7) is 5.38. The van der Waals surface area contributed by atoms with E-state index in [4.69, 9.17) is 4.74 Å². The number of H-pyrrole nitrogens is 1. The zero-order valence-electron chi connectivity index (χ0n) is 13.6. The summed E-state index contributed by atoms with van der Waals surface area (Å²) in [6.07, 6.45) is 5.62. The van der Waals surface area contributed by atoms with E-state index in [0.717, 1.165) is 42.1 Å². The molecular formula is C17H22N4O2. The lowest BCUT2D eigenvalue weighted by atomic mass is 10.1. The molecule has 1 aliphatic rings. The summed E-state index contributed by atoms with van der Waals surface area (Å²) < 4.78 is 5.90. The van der Waals surface area contributed by atoms with E-state index in [1.54, 1.807) is 12.4 Å². The Kier molecular flexibility index (Phi) is 4.60. The van der Waals surface area contributed by atoms with E-state index in [0.29, 0.717) is 13.0 Å². The maximum Gasteiger partial charge on any atom is 0.223 e. The second-order valence-electron chi connectivity index (χ2n) is 5.96. The minimum absolute atomic E-state index is 0.0683. The van der Waals surface area contributed by atoms with Gasteiger partial charge in [0.25, 0.3) is 0 Å². The van der Waals surface area contributed by atoms with Crippen LogP contribution in [-0.4, -0.2) is 45.2 Å². The van der Waals surface area contributed by atoms with Crippen LogP contribution in [0.4, 0.5) is 0 Å². The first kappa shape index (κ1) is 15.5. The lowest BCUT2D eigenvalue weighted by Gasteiger charge is -2.17. The van der Waals surface area contributed by atoms with Crippen LogP contribution in [0.3, 0.4) is 0 Å². The monoisotopic (exact) mass is 314 g/mol. The first-order chi connectivity index (χ1) is 11.1. The molecule has 122 valence electrons. The normalized spacial score (nSPS) is 17.5. The van der Waals surface area contributed by atoms with Crippen LogP contribution >= 0.6 is 0 Å². The van der Waals surface area contributed by atoms with Crippen molar-refractivity contribution in [3.05, 3.63) is 41.5 Å². The van der Waals surface area contributed by atoms with Crippen molar-refractivity contribution in [2.45, 2.75) is 39.2 Å². The molecule has 0 aromatic carbocycles. The Morgan fingerprint density at radius 2 is 2.17 bits per heavy atom. The number of nitrogens with zero attached hydrogens (tertiary/aromatic N) is 3. The highest BCUT2D eigenvalue weighted by Gasteiger charge is 2.27. The molecule has 3 heterocycles. The third-order valence-electron chi connectivity index (χ3n) is 4.32. The number of rotatable bonds is 5. The van der Waals surface area contributed by atoms with Gasteiger partial charge in [0, 0.05) is 37.5 Å². The number of pyridine rings is 1. The van der Waals surface area contributed by atoms with Crippen LogP contribution < -0.4 is 4.74 Å². The number of carbonyl (C=O) groups excluding carboxylic acids is 1. The predicted molar refractivity (Wildman–Crippen MR) is 86.2 cm³/mol. The largest absolute Gasteiger partial charge is 0.488 e. The number of aryl methyl sites for hydroxylation is 2. The summed E-state index contributed by atoms with van der Waals surface area (Å²) >= 11 is 0. The minimum atomic E-state index is 0.0683. The van der Waals surface area contributed by atoms with Crippen molar-refractivity contribution < 1.29 is 9.53 Å². The molecule has 1 atom stereocenters. The van der Waals surface area contributed by atoms with Gasteiger partial charge in [0.2, 0.25) is 5.91 Å². The molecule has 3 rings (SSSR count). The van der Waals surface area contributed by atoms with Gasteiger partial charge in [-0.15, -0.1) is 0 Å². The van der Waals surface area contributed by atoms with Crippen LogP contribution in [0.1, 0.15) is 29.8 Å². The van der Waals surface area contributed by atoms with Gasteiger partial charge in [-0.25, -0.2) is 0 Å². The van der Waals surface area contributed by atoms with Crippen LogP contribution in [0.5, 0.6) is 5.75 Å². The van der Waals surface area contributed by atoms with Gasteiger partial charge in [0.1, 0.15) is 11.9 Å². The minimum Gasteiger partial charge on any atom is -0.488 e. The van der Waals surface area contributed by atoms with Gasteiger partial charge in [0.15, 0.2) is 0 Å². The Hall–Kier alpha value is -2.37. The summed E-state index contributed by atoms with van der Waals surface area (Å²) in [5.74, 6) is 0.995. The van der Waals surface area contributed by atoms with Gasteiger partial charge < -0.3 is 9.64 Å². The fourth-order valence-corrected chi connectivity index (χ4v) is 2.99. The van der Waals surface area contributed by atoms with Crippen LogP contribution in [0.15, 0.2) is 24.5 Å². The molecule has 6 heteroatoms. The average molecular weight is 314 g/mol. The van der Waals surface area contributed by atoms with Crippen LogP contribution in [0.25, 0.3) is 0 Å². The Balaban J connectivity index is 1.49. The smallest absolute Gasteiger partial charge is 0.223 e. The van der Waals surface area contributed by atoms with Gasteiger partial charge in [-0.3, -0.25) is 14.9 Å². The number of aromatic amines is 1. The van der Waals surface area contributed by atoms with Gasteiger partial charge in [0.05, 0.1) is 12.2 Å². The Bertz CT molecular complexity index is 649. The van der Waals surface area contributed by atoms with Crippen LogP contribution in [0.2, 0.25) is 0 Å². The maximum absolute atomic E-state index is 12.4.